The largest absolute Gasteiger partial charge is 0.497 e. The molecule has 6 heteroatoms. The minimum Gasteiger partial charge on any atom is -0.497 e. The van der Waals surface area contributed by atoms with E-state index in [1.54, 1.807) is 7.11 Å². The van der Waals surface area contributed by atoms with Gasteiger partial charge < -0.3 is 19.2 Å². The van der Waals surface area contributed by atoms with E-state index >= 15 is 0 Å². The van der Waals surface area contributed by atoms with E-state index in [-0.39, 0.29) is 6.04 Å². The minimum absolute atomic E-state index is 0.155. The Balaban J connectivity index is 1.58. The molecule has 3 rings (SSSR count). The van der Waals surface area contributed by atoms with E-state index in [0.29, 0.717) is 24.9 Å². The SMILES string of the molecule is CCOc1ccc(C(C)NCc2nnc(-c3ccc(OC)cc3)o2)cc1. The normalized spacial score (nSPS) is 12.0. The Labute approximate surface area is 153 Å². The lowest BCUT2D eigenvalue weighted by Crippen LogP contribution is -2.18. The van der Waals surface area contributed by atoms with Gasteiger partial charge in [-0.1, -0.05) is 12.1 Å². The molecule has 0 aliphatic rings. The fourth-order valence-corrected chi connectivity index (χ4v) is 2.55. The van der Waals surface area contributed by atoms with Crippen LogP contribution >= 0.6 is 0 Å². The molecule has 0 amide bonds. The van der Waals surface area contributed by atoms with E-state index in [1.165, 1.54) is 5.56 Å². The molecule has 1 N–H and O–H groups in total. The first-order valence-corrected chi connectivity index (χ1v) is 8.62. The highest BCUT2D eigenvalue weighted by Crippen LogP contribution is 2.22. The maximum Gasteiger partial charge on any atom is 0.247 e. The first kappa shape index (κ1) is 17.9. The van der Waals surface area contributed by atoms with Crippen molar-refractivity contribution in [1.29, 1.82) is 0 Å². The summed E-state index contributed by atoms with van der Waals surface area (Å²) >= 11 is 0. The van der Waals surface area contributed by atoms with Crippen molar-refractivity contribution >= 4 is 0 Å². The van der Waals surface area contributed by atoms with Crippen LogP contribution in [0, 0.1) is 0 Å². The summed E-state index contributed by atoms with van der Waals surface area (Å²) in [5.74, 6) is 2.72. The molecular weight excluding hydrogens is 330 g/mol. The fraction of sp³-hybridized carbons (Fsp3) is 0.300. The summed E-state index contributed by atoms with van der Waals surface area (Å²) in [5.41, 5.74) is 2.03. The van der Waals surface area contributed by atoms with E-state index in [2.05, 4.69) is 34.6 Å². The molecule has 1 unspecified atom stereocenters. The van der Waals surface area contributed by atoms with Crippen molar-refractivity contribution in [2.24, 2.45) is 0 Å². The van der Waals surface area contributed by atoms with Crippen molar-refractivity contribution < 1.29 is 13.9 Å². The van der Waals surface area contributed by atoms with Crippen molar-refractivity contribution in [3.63, 3.8) is 0 Å². The quantitative estimate of drug-likeness (QED) is 0.660. The maximum atomic E-state index is 5.74. The third-order valence-electron chi connectivity index (χ3n) is 4.05. The van der Waals surface area contributed by atoms with Gasteiger partial charge in [0.25, 0.3) is 0 Å². The third-order valence-corrected chi connectivity index (χ3v) is 4.05. The van der Waals surface area contributed by atoms with Crippen LogP contribution in [0.4, 0.5) is 0 Å². The lowest BCUT2D eigenvalue weighted by atomic mass is 10.1. The summed E-state index contributed by atoms with van der Waals surface area (Å²) in [6, 6.07) is 15.7. The molecule has 0 aliphatic heterocycles. The average molecular weight is 353 g/mol. The summed E-state index contributed by atoms with van der Waals surface area (Å²) in [6.07, 6.45) is 0. The molecule has 0 radical (unpaired) electrons. The van der Waals surface area contributed by atoms with Crippen LogP contribution in [0.2, 0.25) is 0 Å². The van der Waals surface area contributed by atoms with E-state index in [1.807, 2.05) is 43.3 Å². The van der Waals surface area contributed by atoms with Crippen LogP contribution in [0.25, 0.3) is 11.5 Å². The molecule has 1 heterocycles. The smallest absolute Gasteiger partial charge is 0.247 e. The van der Waals surface area contributed by atoms with Crippen LogP contribution in [0.15, 0.2) is 52.9 Å². The number of ether oxygens (including phenoxy) is 2. The van der Waals surface area contributed by atoms with Gasteiger partial charge in [-0.15, -0.1) is 10.2 Å². The zero-order valence-electron chi connectivity index (χ0n) is 15.2. The maximum absolute atomic E-state index is 5.74. The van der Waals surface area contributed by atoms with Crippen LogP contribution in [0.1, 0.15) is 31.3 Å². The highest BCUT2D eigenvalue weighted by molar-refractivity contribution is 5.53. The van der Waals surface area contributed by atoms with Gasteiger partial charge in [0.15, 0.2) is 0 Å². The molecule has 1 aromatic heterocycles. The predicted molar refractivity (Wildman–Crippen MR) is 99.2 cm³/mol. The summed E-state index contributed by atoms with van der Waals surface area (Å²) in [7, 11) is 1.64. The van der Waals surface area contributed by atoms with Gasteiger partial charge in [0.2, 0.25) is 11.8 Å². The van der Waals surface area contributed by atoms with Crippen LogP contribution in [-0.2, 0) is 6.54 Å². The molecule has 0 spiro atoms. The Hall–Kier alpha value is -2.86. The van der Waals surface area contributed by atoms with Gasteiger partial charge in [-0.05, 0) is 55.8 Å². The van der Waals surface area contributed by atoms with Crippen molar-refractivity contribution in [2.75, 3.05) is 13.7 Å². The number of hydrogen-bond acceptors (Lipinski definition) is 6. The molecule has 26 heavy (non-hydrogen) atoms. The van der Waals surface area contributed by atoms with Crippen molar-refractivity contribution in [2.45, 2.75) is 26.4 Å². The Bertz CT molecular complexity index is 813. The highest BCUT2D eigenvalue weighted by atomic mass is 16.5. The lowest BCUT2D eigenvalue weighted by Gasteiger charge is -2.13. The van der Waals surface area contributed by atoms with Gasteiger partial charge >= 0.3 is 0 Å². The second-order valence-electron chi connectivity index (χ2n) is 5.83. The zero-order valence-corrected chi connectivity index (χ0v) is 15.2. The molecular formula is C20H23N3O3. The van der Waals surface area contributed by atoms with Crippen LogP contribution in [0.5, 0.6) is 11.5 Å². The molecule has 0 bridgehead atoms. The number of methoxy groups -OCH3 is 1. The van der Waals surface area contributed by atoms with Gasteiger partial charge in [0, 0.05) is 11.6 Å². The second-order valence-corrected chi connectivity index (χ2v) is 5.83. The molecule has 6 nitrogen and oxygen atoms in total. The van der Waals surface area contributed by atoms with Gasteiger partial charge in [-0.2, -0.15) is 0 Å². The lowest BCUT2D eigenvalue weighted by molar-refractivity contribution is 0.340. The third kappa shape index (κ3) is 4.40. The summed E-state index contributed by atoms with van der Waals surface area (Å²) in [4.78, 5) is 0. The average Bonchev–Trinajstić information content (AvgIpc) is 3.16. The Morgan fingerprint density at radius 1 is 1.00 bits per heavy atom. The molecule has 0 fully saturated rings. The van der Waals surface area contributed by atoms with Crippen molar-refractivity contribution in [3.05, 3.63) is 60.0 Å². The number of hydrogen-bond donors (Lipinski definition) is 1. The summed E-state index contributed by atoms with van der Waals surface area (Å²) < 4.78 is 16.4. The molecule has 136 valence electrons. The molecule has 0 saturated heterocycles. The standard InChI is InChI=1S/C20H23N3O3/c1-4-25-18-11-5-15(6-12-18)14(2)21-13-19-22-23-20(26-19)16-7-9-17(24-3)10-8-16/h5-12,14,21H,4,13H2,1-3H3. The van der Waals surface area contributed by atoms with Gasteiger partial charge in [-0.3, -0.25) is 0 Å². The first-order chi connectivity index (χ1) is 12.7. The zero-order chi connectivity index (χ0) is 18.4. The Morgan fingerprint density at radius 3 is 2.35 bits per heavy atom. The molecule has 0 saturated carbocycles. The molecule has 3 aromatic rings. The van der Waals surface area contributed by atoms with Crippen LogP contribution in [-0.4, -0.2) is 23.9 Å². The monoisotopic (exact) mass is 353 g/mol. The van der Waals surface area contributed by atoms with Gasteiger partial charge in [-0.25, -0.2) is 0 Å². The van der Waals surface area contributed by atoms with Crippen molar-refractivity contribution in [3.8, 4) is 23.0 Å². The van der Waals surface area contributed by atoms with E-state index in [9.17, 15) is 0 Å². The van der Waals surface area contributed by atoms with Crippen LogP contribution < -0.4 is 14.8 Å². The van der Waals surface area contributed by atoms with Crippen molar-refractivity contribution in [1.82, 2.24) is 15.5 Å². The van der Waals surface area contributed by atoms with Gasteiger partial charge in [0.1, 0.15) is 11.5 Å². The fourth-order valence-electron chi connectivity index (χ4n) is 2.55. The van der Waals surface area contributed by atoms with E-state index < -0.39 is 0 Å². The predicted octanol–water partition coefficient (Wildman–Crippen LogP) is 3.99. The number of nitrogens with zero attached hydrogens (tertiary/aromatic N) is 2. The minimum atomic E-state index is 0.155. The number of rotatable bonds is 8. The first-order valence-electron chi connectivity index (χ1n) is 8.62. The molecule has 0 aliphatic carbocycles. The summed E-state index contributed by atoms with van der Waals surface area (Å²) in [6.45, 7) is 5.23. The number of nitrogens with one attached hydrogen (secondary N) is 1. The number of aromatic nitrogens is 2. The van der Waals surface area contributed by atoms with Gasteiger partial charge in [0.05, 0.1) is 20.3 Å². The van der Waals surface area contributed by atoms with E-state index in [4.69, 9.17) is 13.9 Å². The van der Waals surface area contributed by atoms with E-state index in [0.717, 1.165) is 17.1 Å². The topological polar surface area (TPSA) is 69.4 Å². The molecule has 2 aromatic carbocycles. The Morgan fingerprint density at radius 2 is 1.69 bits per heavy atom. The Kier molecular flexibility index (Phi) is 5.86. The second kappa shape index (κ2) is 8.49. The summed E-state index contributed by atoms with van der Waals surface area (Å²) in [5, 5.41) is 11.6. The van der Waals surface area contributed by atoms with Crippen LogP contribution in [0.3, 0.4) is 0 Å². The molecule has 1 atom stereocenters. The number of benzene rings is 2. The highest BCUT2D eigenvalue weighted by Gasteiger charge is 2.11.